The van der Waals surface area contributed by atoms with Gasteiger partial charge in [-0.1, -0.05) is 13.5 Å². The number of aryl methyl sites for hydroxylation is 1. The molecule has 0 unspecified atom stereocenters. The van der Waals surface area contributed by atoms with Gasteiger partial charge in [0.25, 0.3) is 0 Å². The van der Waals surface area contributed by atoms with Gasteiger partial charge >= 0.3 is 5.97 Å². The van der Waals surface area contributed by atoms with Gasteiger partial charge in [-0.2, -0.15) is 0 Å². The normalized spacial score (nSPS) is 16.1. The molecule has 4 heteroatoms. The number of carbonyl (C=O) groups is 1. The van der Waals surface area contributed by atoms with E-state index in [0.29, 0.717) is 12.0 Å². The molecule has 0 bridgehead atoms. The Labute approximate surface area is 123 Å². The van der Waals surface area contributed by atoms with Crippen LogP contribution in [0.4, 0.5) is 0 Å². The second-order valence-corrected chi connectivity index (χ2v) is 5.46. The lowest BCUT2D eigenvalue weighted by Crippen LogP contribution is -2.06. The summed E-state index contributed by atoms with van der Waals surface area (Å²) in [5.41, 5.74) is 5.52. The standard InChI is InChI=1S/C17H18N2O2/c1-4-13(17(20)21)15-6-5-12-7-11-8-18-9-14(10(2)3)16(11)19(12)15/h7-9H,2,4-6H2,1,3H3,(H,20,21). The first-order valence-electron chi connectivity index (χ1n) is 7.14. The molecular formula is C17H18N2O2. The molecule has 3 rings (SSSR count). The minimum absolute atomic E-state index is 0.496. The van der Waals surface area contributed by atoms with Crippen LogP contribution in [-0.2, 0) is 11.2 Å². The van der Waals surface area contributed by atoms with Crippen LogP contribution in [0.15, 0.2) is 30.6 Å². The number of rotatable bonds is 3. The maximum atomic E-state index is 11.5. The van der Waals surface area contributed by atoms with Crippen molar-refractivity contribution in [1.29, 1.82) is 0 Å². The average molecular weight is 282 g/mol. The number of nitrogens with zero attached hydrogens (tertiary/aromatic N) is 2. The maximum absolute atomic E-state index is 11.5. The fraction of sp³-hybridized carbons (Fsp3) is 0.294. The van der Waals surface area contributed by atoms with Crippen molar-refractivity contribution in [3.63, 3.8) is 0 Å². The quantitative estimate of drug-likeness (QED) is 0.873. The number of carboxylic acid groups (broad SMARTS) is 1. The van der Waals surface area contributed by atoms with Gasteiger partial charge in [0.15, 0.2) is 0 Å². The third-order valence-corrected chi connectivity index (χ3v) is 4.09. The SMILES string of the molecule is C=C(C)c1cncc2cc3n(c12)C(=C(CC)C(=O)O)CC3. The van der Waals surface area contributed by atoms with Crippen molar-refractivity contribution < 1.29 is 9.90 Å². The summed E-state index contributed by atoms with van der Waals surface area (Å²) in [6, 6.07) is 2.11. The molecule has 3 heterocycles. The molecule has 108 valence electrons. The lowest BCUT2D eigenvalue weighted by Gasteiger charge is -2.12. The molecule has 1 aliphatic heterocycles. The van der Waals surface area contributed by atoms with E-state index in [2.05, 4.69) is 22.2 Å². The molecule has 0 aliphatic carbocycles. The summed E-state index contributed by atoms with van der Waals surface area (Å²) < 4.78 is 2.11. The fourth-order valence-corrected chi connectivity index (χ4v) is 3.14. The summed E-state index contributed by atoms with van der Waals surface area (Å²) in [5.74, 6) is -0.826. The Morgan fingerprint density at radius 2 is 2.19 bits per heavy atom. The van der Waals surface area contributed by atoms with E-state index in [1.54, 1.807) is 6.20 Å². The van der Waals surface area contributed by atoms with E-state index in [9.17, 15) is 9.90 Å². The molecule has 0 saturated heterocycles. The van der Waals surface area contributed by atoms with Crippen molar-refractivity contribution in [2.45, 2.75) is 33.1 Å². The second kappa shape index (κ2) is 4.88. The highest BCUT2D eigenvalue weighted by Crippen LogP contribution is 2.37. The average Bonchev–Trinajstić information content (AvgIpc) is 2.98. The molecule has 0 atom stereocenters. The zero-order valence-corrected chi connectivity index (χ0v) is 12.3. The Morgan fingerprint density at radius 3 is 2.81 bits per heavy atom. The summed E-state index contributed by atoms with van der Waals surface area (Å²) in [7, 11) is 0. The smallest absolute Gasteiger partial charge is 0.333 e. The van der Waals surface area contributed by atoms with Gasteiger partial charge in [0.05, 0.1) is 11.1 Å². The largest absolute Gasteiger partial charge is 0.478 e. The van der Waals surface area contributed by atoms with Crippen LogP contribution in [0.1, 0.15) is 37.9 Å². The summed E-state index contributed by atoms with van der Waals surface area (Å²) in [6.07, 6.45) is 5.81. The van der Waals surface area contributed by atoms with Gasteiger partial charge in [-0.15, -0.1) is 0 Å². The second-order valence-electron chi connectivity index (χ2n) is 5.46. The van der Waals surface area contributed by atoms with Crippen molar-refractivity contribution in [3.8, 4) is 0 Å². The highest BCUT2D eigenvalue weighted by atomic mass is 16.4. The highest BCUT2D eigenvalue weighted by molar-refractivity contribution is 5.99. The Bertz CT molecular complexity index is 796. The number of allylic oxidation sites excluding steroid dienone is 2. The van der Waals surface area contributed by atoms with E-state index < -0.39 is 5.97 Å². The monoisotopic (exact) mass is 282 g/mol. The predicted molar refractivity (Wildman–Crippen MR) is 83.9 cm³/mol. The van der Waals surface area contributed by atoms with Crippen molar-refractivity contribution in [1.82, 2.24) is 9.55 Å². The number of hydrogen-bond acceptors (Lipinski definition) is 2. The molecule has 2 aromatic heterocycles. The Balaban J connectivity index is 2.38. The van der Waals surface area contributed by atoms with Crippen LogP contribution in [0.5, 0.6) is 0 Å². The van der Waals surface area contributed by atoms with E-state index in [1.807, 2.05) is 20.0 Å². The van der Waals surface area contributed by atoms with Crippen molar-refractivity contribution in [2.24, 2.45) is 0 Å². The lowest BCUT2D eigenvalue weighted by atomic mass is 10.1. The third kappa shape index (κ3) is 1.98. The molecular weight excluding hydrogens is 264 g/mol. The molecule has 1 N–H and O–H groups in total. The van der Waals surface area contributed by atoms with E-state index in [4.69, 9.17) is 0 Å². The fourth-order valence-electron chi connectivity index (χ4n) is 3.14. The van der Waals surface area contributed by atoms with Gasteiger partial charge in [0.1, 0.15) is 0 Å². The van der Waals surface area contributed by atoms with Gasteiger partial charge in [-0.3, -0.25) is 4.98 Å². The highest BCUT2D eigenvalue weighted by Gasteiger charge is 2.25. The van der Waals surface area contributed by atoms with Gasteiger partial charge in [-0.05, 0) is 37.8 Å². The molecule has 0 amide bonds. The number of carboxylic acids is 1. The van der Waals surface area contributed by atoms with Gasteiger partial charge < -0.3 is 9.67 Å². The van der Waals surface area contributed by atoms with Crippen LogP contribution in [0.3, 0.4) is 0 Å². The number of aromatic nitrogens is 2. The first kappa shape index (κ1) is 13.6. The minimum atomic E-state index is -0.826. The zero-order chi connectivity index (χ0) is 15.1. The van der Waals surface area contributed by atoms with Crippen LogP contribution in [-0.4, -0.2) is 20.6 Å². The Morgan fingerprint density at radius 1 is 1.43 bits per heavy atom. The summed E-state index contributed by atoms with van der Waals surface area (Å²) in [4.78, 5) is 15.8. The summed E-state index contributed by atoms with van der Waals surface area (Å²) in [6.45, 7) is 7.86. The molecule has 0 aromatic carbocycles. The predicted octanol–water partition coefficient (Wildman–Crippen LogP) is 3.72. The van der Waals surface area contributed by atoms with Crippen molar-refractivity contribution in [3.05, 3.63) is 41.9 Å². The van der Waals surface area contributed by atoms with E-state index in [0.717, 1.165) is 46.3 Å². The Kier molecular flexibility index (Phi) is 3.16. The molecule has 0 fully saturated rings. The lowest BCUT2D eigenvalue weighted by molar-refractivity contribution is -0.132. The van der Waals surface area contributed by atoms with Gasteiger partial charge in [-0.25, -0.2) is 4.79 Å². The minimum Gasteiger partial charge on any atom is -0.478 e. The van der Waals surface area contributed by atoms with Gasteiger partial charge in [0.2, 0.25) is 0 Å². The van der Waals surface area contributed by atoms with Gasteiger partial charge in [0, 0.05) is 34.7 Å². The van der Waals surface area contributed by atoms with E-state index >= 15 is 0 Å². The molecule has 0 radical (unpaired) electrons. The van der Waals surface area contributed by atoms with Crippen molar-refractivity contribution in [2.75, 3.05) is 0 Å². The molecule has 0 spiro atoms. The first-order chi connectivity index (χ1) is 10.0. The molecule has 21 heavy (non-hydrogen) atoms. The number of pyridine rings is 1. The summed E-state index contributed by atoms with van der Waals surface area (Å²) >= 11 is 0. The van der Waals surface area contributed by atoms with Crippen LogP contribution >= 0.6 is 0 Å². The maximum Gasteiger partial charge on any atom is 0.333 e. The van der Waals surface area contributed by atoms with Crippen LogP contribution in [0.25, 0.3) is 22.2 Å². The number of hydrogen-bond donors (Lipinski definition) is 1. The third-order valence-electron chi connectivity index (χ3n) is 4.09. The van der Waals surface area contributed by atoms with Crippen LogP contribution in [0.2, 0.25) is 0 Å². The van der Waals surface area contributed by atoms with E-state index in [1.165, 1.54) is 0 Å². The molecule has 1 aliphatic rings. The molecule has 2 aromatic rings. The van der Waals surface area contributed by atoms with Crippen LogP contribution in [0, 0.1) is 0 Å². The van der Waals surface area contributed by atoms with Crippen LogP contribution < -0.4 is 0 Å². The molecule has 4 nitrogen and oxygen atoms in total. The van der Waals surface area contributed by atoms with Crippen molar-refractivity contribution >= 4 is 28.1 Å². The number of aliphatic carboxylic acids is 1. The Hall–Kier alpha value is -2.36. The zero-order valence-electron chi connectivity index (χ0n) is 12.3. The summed E-state index contributed by atoms with van der Waals surface area (Å²) in [5, 5.41) is 10.5. The first-order valence-corrected chi connectivity index (χ1v) is 7.14. The van der Waals surface area contributed by atoms with E-state index in [-0.39, 0.29) is 0 Å². The molecule has 0 saturated carbocycles. The number of fused-ring (bicyclic) bond motifs is 3. The topological polar surface area (TPSA) is 55.1 Å².